The van der Waals surface area contributed by atoms with Gasteiger partial charge in [-0.25, -0.2) is 0 Å². The first-order valence-electron chi connectivity index (χ1n) is 11.7. The quantitative estimate of drug-likeness (QED) is 0.176. The van der Waals surface area contributed by atoms with E-state index in [1.165, 1.54) is 0 Å². The first-order valence-corrected chi connectivity index (χ1v) is 11.7. The highest BCUT2D eigenvalue weighted by molar-refractivity contribution is 5.02. The summed E-state index contributed by atoms with van der Waals surface area (Å²) in [5, 5.41) is 101. The molecule has 4 fully saturated rings. The lowest BCUT2D eigenvalue weighted by atomic mass is 9.71. The van der Waals surface area contributed by atoms with Crippen LogP contribution in [0.15, 0.2) is 0 Å². The molecule has 4 aliphatic rings. The zero-order valence-corrected chi connectivity index (χ0v) is 18.5. The average Bonchev–Trinajstić information content (AvgIpc) is 2.81. The number of ether oxygens (including phenoxy) is 3. The van der Waals surface area contributed by atoms with E-state index in [2.05, 4.69) is 0 Å². The van der Waals surface area contributed by atoms with E-state index in [1.54, 1.807) is 0 Å². The molecule has 2 saturated carbocycles. The molecule has 14 atom stereocenters. The van der Waals surface area contributed by atoms with Crippen molar-refractivity contribution in [1.82, 2.24) is 0 Å². The Labute approximate surface area is 195 Å². The van der Waals surface area contributed by atoms with Gasteiger partial charge in [-0.15, -0.1) is 0 Å². The Hall–Kier alpha value is -0.520. The summed E-state index contributed by atoms with van der Waals surface area (Å²) in [4.78, 5) is 0. The molecule has 0 radical (unpaired) electrons. The number of aliphatic hydroxyl groups excluding tert-OH is 10. The topological polar surface area (TPSA) is 230 Å². The van der Waals surface area contributed by atoms with Gasteiger partial charge in [0.2, 0.25) is 0 Å². The van der Waals surface area contributed by atoms with Crippen molar-refractivity contribution in [3.63, 3.8) is 0 Å². The van der Waals surface area contributed by atoms with E-state index >= 15 is 0 Å². The molecule has 0 spiro atoms. The standard InChI is InChI=1S/C21H36O13/c22-5-13-17(29)18(30)19(31)21(34-13)33-12-3-7-11(4-10(25)16(28)14(7)26)32-20(12)6-1-8(23)15(27)9(24)2-6/h6-31H,1-5H2. The fraction of sp³-hybridized carbons (Fsp3) is 1.00. The van der Waals surface area contributed by atoms with Crippen molar-refractivity contribution in [2.24, 2.45) is 11.8 Å². The molecule has 198 valence electrons. The molecule has 2 aliphatic heterocycles. The predicted octanol–water partition coefficient (Wildman–Crippen LogP) is -5.08. The van der Waals surface area contributed by atoms with E-state index in [9.17, 15) is 51.1 Å². The van der Waals surface area contributed by atoms with Crippen LogP contribution in [0.5, 0.6) is 0 Å². The maximum atomic E-state index is 10.5. The van der Waals surface area contributed by atoms with Crippen molar-refractivity contribution in [2.45, 2.75) is 111 Å². The summed E-state index contributed by atoms with van der Waals surface area (Å²) in [6.07, 6.45) is -17.6. The van der Waals surface area contributed by atoms with E-state index in [-0.39, 0.29) is 25.7 Å². The normalized spacial score (nSPS) is 56.6. The van der Waals surface area contributed by atoms with Crippen LogP contribution in [0.1, 0.15) is 25.7 Å². The average molecular weight is 497 g/mol. The lowest BCUT2D eigenvalue weighted by molar-refractivity contribution is -0.335. The van der Waals surface area contributed by atoms with Crippen LogP contribution in [0.25, 0.3) is 0 Å². The van der Waals surface area contributed by atoms with Crippen molar-refractivity contribution < 1.29 is 65.3 Å². The van der Waals surface area contributed by atoms with Gasteiger partial charge in [-0.3, -0.25) is 0 Å². The second kappa shape index (κ2) is 10.5. The first kappa shape index (κ1) is 26.5. The third-order valence-electron chi connectivity index (χ3n) is 7.84. The summed E-state index contributed by atoms with van der Waals surface area (Å²) in [5.41, 5.74) is 0. The van der Waals surface area contributed by atoms with Gasteiger partial charge in [0, 0.05) is 12.3 Å². The highest BCUT2D eigenvalue weighted by atomic mass is 16.7. The molecular formula is C21H36O13. The first-order chi connectivity index (χ1) is 16.0. The largest absolute Gasteiger partial charge is 0.394 e. The molecular weight excluding hydrogens is 460 g/mol. The molecule has 0 aromatic heterocycles. The van der Waals surface area contributed by atoms with Gasteiger partial charge >= 0.3 is 0 Å². The Morgan fingerprint density at radius 2 is 1.24 bits per heavy atom. The van der Waals surface area contributed by atoms with Gasteiger partial charge in [0.1, 0.15) is 36.6 Å². The third kappa shape index (κ3) is 4.87. The number of aliphatic hydroxyl groups is 10. The Morgan fingerprint density at radius 3 is 1.85 bits per heavy atom. The minimum absolute atomic E-state index is 0.0343. The van der Waals surface area contributed by atoms with Crippen LogP contribution >= 0.6 is 0 Å². The number of rotatable bonds is 4. The minimum Gasteiger partial charge on any atom is -0.394 e. The van der Waals surface area contributed by atoms with E-state index in [4.69, 9.17) is 14.2 Å². The van der Waals surface area contributed by atoms with Gasteiger partial charge in [0.25, 0.3) is 0 Å². The van der Waals surface area contributed by atoms with Crippen molar-refractivity contribution in [3.05, 3.63) is 0 Å². The van der Waals surface area contributed by atoms with Crippen molar-refractivity contribution in [2.75, 3.05) is 6.61 Å². The van der Waals surface area contributed by atoms with E-state index in [0.717, 1.165) is 0 Å². The molecule has 0 bridgehead atoms. The van der Waals surface area contributed by atoms with Crippen molar-refractivity contribution in [3.8, 4) is 0 Å². The number of hydrogen-bond donors (Lipinski definition) is 10. The molecule has 0 aromatic rings. The van der Waals surface area contributed by atoms with E-state index < -0.39 is 104 Å². The van der Waals surface area contributed by atoms with Crippen LogP contribution in [-0.2, 0) is 14.2 Å². The van der Waals surface area contributed by atoms with E-state index in [1.807, 2.05) is 0 Å². The molecule has 10 N–H and O–H groups in total. The highest BCUT2D eigenvalue weighted by Gasteiger charge is 2.54. The summed E-state index contributed by atoms with van der Waals surface area (Å²) in [7, 11) is 0. The lowest BCUT2D eigenvalue weighted by Crippen LogP contribution is -2.64. The lowest BCUT2D eigenvalue weighted by Gasteiger charge is -2.52. The molecule has 13 nitrogen and oxygen atoms in total. The van der Waals surface area contributed by atoms with Gasteiger partial charge in [-0.1, -0.05) is 0 Å². The Morgan fingerprint density at radius 1 is 0.618 bits per heavy atom. The molecule has 34 heavy (non-hydrogen) atoms. The smallest absolute Gasteiger partial charge is 0.187 e. The second-order valence-corrected chi connectivity index (χ2v) is 10.1. The summed E-state index contributed by atoms with van der Waals surface area (Å²) in [6, 6.07) is 0. The molecule has 0 amide bonds. The molecule has 2 saturated heterocycles. The maximum absolute atomic E-state index is 10.5. The van der Waals surface area contributed by atoms with Gasteiger partial charge in [0.15, 0.2) is 6.29 Å². The fourth-order valence-corrected chi connectivity index (χ4v) is 5.81. The van der Waals surface area contributed by atoms with Crippen LogP contribution in [0.3, 0.4) is 0 Å². The molecule has 14 unspecified atom stereocenters. The summed E-state index contributed by atoms with van der Waals surface area (Å²) in [5.74, 6) is -1.18. The molecule has 2 heterocycles. The molecule has 2 aliphatic carbocycles. The maximum Gasteiger partial charge on any atom is 0.187 e. The Bertz CT molecular complexity index is 669. The SMILES string of the molecule is OCC1OC(OC2CC3C(CC(O)C(O)C3O)OC2C2CC(O)C(O)C(O)C2)C(O)C(O)C1O. The zero-order valence-electron chi connectivity index (χ0n) is 18.5. The van der Waals surface area contributed by atoms with E-state index in [0.29, 0.717) is 0 Å². The zero-order chi connectivity index (χ0) is 24.9. The second-order valence-electron chi connectivity index (χ2n) is 10.1. The number of hydrogen-bond acceptors (Lipinski definition) is 13. The predicted molar refractivity (Wildman–Crippen MR) is 109 cm³/mol. The Balaban J connectivity index is 1.57. The summed E-state index contributed by atoms with van der Waals surface area (Å²) < 4.78 is 17.6. The van der Waals surface area contributed by atoms with Gasteiger partial charge < -0.3 is 65.3 Å². The van der Waals surface area contributed by atoms with Crippen molar-refractivity contribution >= 4 is 0 Å². The molecule has 13 heteroatoms. The summed E-state index contributed by atoms with van der Waals surface area (Å²) >= 11 is 0. The van der Waals surface area contributed by atoms with Crippen molar-refractivity contribution in [1.29, 1.82) is 0 Å². The number of fused-ring (bicyclic) bond motifs is 1. The fourth-order valence-electron chi connectivity index (χ4n) is 5.81. The third-order valence-corrected chi connectivity index (χ3v) is 7.84. The van der Waals surface area contributed by atoms with Crippen LogP contribution < -0.4 is 0 Å². The van der Waals surface area contributed by atoms with Crippen LogP contribution in [0.4, 0.5) is 0 Å². The molecule has 4 rings (SSSR count). The van der Waals surface area contributed by atoms with Gasteiger partial charge in [-0.2, -0.15) is 0 Å². The summed E-state index contributed by atoms with van der Waals surface area (Å²) in [6.45, 7) is -0.651. The minimum atomic E-state index is -1.68. The Kier molecular flexibility index (Phi) is 8.16. The van der Waals surface area contributed by atoms with Crippen LogP contribution in [0, 0.1) is 11.8 Å². The monoisotopic (exact) mass is 496 g/mol. The molecule has 0 aromatic carbocycles. The highest BCUT2D eigenvalue weighted by Crippen LogP contribution is 2.43. The van der Waals surface area contributed by atoms with Gasteiger partial charge in [0.05, 0.1) is 49.3 Å². The van der Waals surface area contributed by atoms with Gasteiger partial charge in [-0.05, 0) is 25.2 Å². The van der Waals surface area contributed by atoms with Crippen LogP contribution in [-0.4, -0.2) is 143 Å². The van der Waals surface area contributed by atoms with Crippen LogP contribution in [0.2, 0.25) is 0 Å².